The summed E-state index contributed by atoms with van der Waals surface area (Å²) in [6, 6.07) is 0. The normalized spacial score (nSPS) is 16.8. The molecule has 0 aliphatic rings. The Balaban J connectivity index is 4.90. The number of unbranched alkanes of at least 4 members (excludes halogenated alkanes) is 2. The van der Waals surface area contributed by atoms with E-state index in [0.717, 1.165) is 12.8 Å². The summed E-state index contributed by atoms with van der Waals surface area (Å²) in [5, 5.41) is 0. The van der Waals surface area contributed by atoms with Crippen molar-refractivity contribution in [2.75, 3.05) is 12.3 Å². The van der Waals surface area contributed by atoms with Crippen molar-refractivity contribution >= 4 is 7.26 Å². The van der Waals surface area contributed by atoms with Crippen molar-refractivity contribution in [3.8, 4) is 0 Å². The molecule has 17 heavy (non-hydrogen) atoms. The minimum absolute atomic E-state index is 0.399. The molecule has 0 amide bonds. The van der Waals surface area contributed by atoms with Gasteiger partial charge in [-0.2, -0.15) is 0 Å². The Morgan fingerprint density at radius 3 is 1.35 bits per heavy atom. The summed E-state index contributed by atoms with van der Waals surface area (Å²) in [7, 11) is -1.49. The molecule has 0 heterocycles. The molecule has 0 aromatic carbocycles. The summed E-state index contributed by atoms with van der Waals surface area (Å²) in [6.07, 6.45) is 10.1. The standard InChI is InChI=1S/C14H35N2P/c1-5-9-11-17(12-10-6-2,13(15)7-3)14(16)8-4/h13-14,17H,5-12,15-16H2,1-4H3. The Morgan fingerprint density at radius 2 is 1.12 bits per heavy atom. The third kappa shape index (κ3) is 4.85. The average molecular weight is 262 g/mol. The molecule has 4 N–H and O–H groups in total. The van der Waals surface area contributed by atoms with Gasteiger partial charge in [-0.15, -0.1) is 0 Å². The second-order valence-electron chi connectivity index (χ2n) is 5.47. The van der Waals surface area contributed by atoms with E-state index < -0.39 is 7.26 Å². The molecule has 0 spiro atoms. The molecule has 0 rings (SSSR count). The van der Waals surface area contributed by atoms with Gasteiger partial charge in [0.2, 0.25) is 0 Å². The summed E-state index contributed by atoms with van der Waals surface area (Å²) < 4.78 is 0. The molecule has 2 unspecified atom stereocenters. The van der Waals surface area contributed by atoms with Gasteiger partial charge in [0.15, 0.2) is 0 Å². The third-order valence-corrected chi connectivity index (χ3v) is 10.7. The van der Waals surface area contributed by atoms with Crippen LogP contribution >= 0.6 is 7.26 Å². The topological polar surface area (TPSA) is 52.0 Å². The van der Waals surface area contributed by atoms with Crippen molar-refractivity contribution in [3.05, 3.63) is 0 Å². The zero-order valence-corrected chi connectivity index (χ0v) is 13.5. The van der Waals surface area contributed by atoms with Crippen LogP contribution in [0.5, 0.6) is 0 Å². The van der Waals surface area contributed by atoms with E-state index in [0.29, 0.717) is 11.6 Å². The van der Waals surface area contributed by atoms with Gasteiger partial charge in [-0.1, -0.05) is 0 Å². The molecular formula is C14H35N2P. The molecule has 0 aromatic heterocycles. The fraction of sp³-hybridized carbons (Fsp3) is 1.00. The Kier molecular flexibility index (Phi) is 9.49. The summed E-state index contributed by atoms with van der Waals surface area (Å²) >= 11 is 0. The van der Waals surface area contributed by atoms with Crippen LogP contribution in [0.1, 0.15) is 66.2 Å². The molecule has 0 radical (unpaired) electrons. The van der Waals surface area contributed by atoms with Crippen LogP contribution in [0.4, 0.5) is 0 Å². The first-order chi connectivity index (χ1) is 8.08. The van der Waals surface area contributed by atoms with Crippen LogP contribution in [0.2, 0.25) is 0 Å². The second kappa shape index (κ2) is 9.30. The van der Waals surface area contributed by atoms with Gasteiger partial charge in [-0.05, 0) is 0 Å². The maximum absolute atomic E-state index is 6.49. The van der Waals surface area contributed by atoms with Crippen molar-refractivity contribution in [1.82, 2.24) is 0 Å². The van der Waals surface area contributed by atoms with Crippen LogP contribution in [0, 0.1) is 0 Å². The summed E-state index contributed by atoms with van der Waals surface area (Å²) in [5.74, 6) is 0.797. The fourth-order valence-electron chi connectivity index (χ4n) is 2.97. The van der Waals surface area contributed by atoms with E-state index in [4.69, 9.17) is 11.5 Å². The molecule has 0 bridgehead atoms. The first-order valence-electron chi connectivity index (χ1n) is 7.60. The van der Waals surface area contributed by atoms with Gasteiger partial charge >= 0.3 is 109 Å². The number of nitrogens with two attached hydrogens (primary N) is 2. The van der Waals surface area contributed by atoms with E-state index in [9.17, 15) is 0 Å². The molecule has 0 aliphatic carbocycles. The van der Waals surface area contributed by atoms with Gasteiger partial charge in [0.05, 0.1) is 0 Å². The van der Waals surface area contributed by atoms with Crippen molar-refractivity contribution in [2.24, 2.45) is 11.5 Å². The van der Waals surface area contributed by atoms with Gasteiger partial charge in [0, 0.05) is 0 Å². The van der Waals surface area contributed by atoms with Crippen LogP contribution < -0.4 is 11.5 Å². The van der Waals surface area contributed by atoms with E-state index in [2.05, 4.69) is 27.7 Å². The van der Waals surface area contributed by atoms with Crippen molar-refractivity contribution in [2.45, 2.75) is 77.8 Å². The third-order valence-electron chi connectivity index (χ3n) is 4.35. The molecule has 106 valence electrons. The quantitative estimate of drug-likeness (QED) is 0.589. The van der Waals surface area contributed by atoms with E-state index >= 15 is 0 Å². The van der Waals surface area contributed by atoms with Crippen molar-refractivity contribution in [3.63, 3.8) is 0 Å². The minimum atomic E-state index is -1.49. The molecule has 2 atom stereocenters. The molecule has 0 saturated carbocycles. The van der Waals surface area contributed by atoms with Crippen molar-refractivity contribution < 1.29 is 0 Å². The average Bonchev–Trinajstić information content (AvgIpc) is 2.37. The van der Waals surface area contributed by atoms with Gasteiger partial charge in [-0.3, -0.25) is 0 Å². The first-order valence-corrected chi connectivity index (χ1v) is 10.2. The molecule has 0 aromatic rings. The van der Waals surface area contributed by atoms with Gasteiger partial charge in [0.25, 0.3) is 0 Å². The van der Waals surface area contributed by atoms with E-state index in [-0.39, 0.29) is 0 Å². The number of rotatable bonds is 10. The van der Waals surface area contributed by atoms with Crippen molar-refractivity contribution in [1.29, 1.82) is 0 Å². The number of hydrogen-bond donors (Lipinski definition) is 2. The Bertz CT molecular complexity index is 165. The second-order valence-corrected chi connectivity index (χ2v) is 10.4. The SMILES string of the molecule is CCCC[PH](CCCC)(C(N)CC)C(N)CC. The van der Waals surface area contributed by atoms with E-state index in [1.165, 1.54) is 38.0 Å². The van der Waals surface area contributed by atoms with Crippen LogP contribution in [0.25, 0.3) is 0 Å². The molecule has 3 heteroatoms. The van der Waals surface area contributed by atoms with Gasteiger partial charge in [0.1, 0.15) is 0 Å². The molecular weight excluding hydrogens is 227 g/mol. The van der Waals surface area contributed by atoms with Gasteiger partial charge in [-0.25, -0.2) is 0 Å². The predicted octanol–water partition coefficient (Wildman–Crippen LogP) is 3.73. The fourth-order valence-corrected chi connectivity index (χ4v) is 8.90. The Hall–Kier alpha value is 0.350. The summed E-state index contributed by atoms with van der Waals surface area (Å²) in [5.41, 5.74) is 13.0. The molecule has 0 saturated heterocycles. The Morgan fingerprint density at radius 1 is 0.765 bits per heavy atom. The van der Waals surface area contributed by atoms with Crippen LogP contribution in [-0.2, 0) is 0 Å². The predicted molar refractivity (Wildman–Crippen MR) is 84.4 cm³/mol. The van der Waals surface area contributed by atoms with Gasteiger partial charge < -0.3 is 0 Å². The van der Waals surface area contributed by atoms with Crippen LogP contribution in [0.15, 0.2) is 0 Å². The van der Waals surface area contributed by atoms with Crippen LogP contribution in [-0.4, -0.2) is 23.9 Å². The molecule has 2 nitrogen and oxygen atoms in total. The van der Waals surface area contributed by atoms with Crippen LogP contribution in [0.3, 0.4) is 0 Å². The zero-order chi connectivity index (χ0) is 13.3. The monoisotopic (exact) mass is 262 g/mol. The zero-order valence-electron chi connectivity index (χ0n) is 12.5. The van der Waals surface area contributed by atoms with E-state index in [1.54, 1.807) is 0 Å². The first kappa shape index (κ1) is 17.4. The maximum atomic E-state index is 6.49. The number of hydrogen-bond acceptors (Lipinski definition) is 2. The summed E-state index contributed by atoms with van der Waals surface area (Å²) in [6.45, 7) is 9.00. The van der Waals surface area contributed by atoms with E-state index in [1.807, 2.05) is 0 Å². The summed E-state index contributed by atoms with van der Waals surface area (Å²) in [4.78, 5) is 0. The molecule has 0 fully saturated rings. The molecule has 0 aliphatic heterocycles. The Labute approximate surface area is 109 Å².